The van der Waals surface area contributed by atoms with Gasteiger partial charge in [0.05, 0.1) is 6.61 Å². The highest BCUT2D eigenvalue weighted by molar-refractivity contribution is 6.35. The summed E-state index contributed by atoms with van der Waals surface area (Å²) >= 11 is 11.7. The molecule has 0 aliphatic carbocycles. The van der Waals surface area contributed by atoms with Crippen molar-refractivity contribution < 1.29 is 19.1 Å². The smallest absolute Gasteiger partial charge is 0.269 e. The topological polar surface area (TPSA) is 96.5 Å². The number of carbonyl (C=O) groups is 3. The van der Waals surface area contributed by atoms with Crippen LogP contribution in [0.1, 0.15) is 30.1 Å². The fourth-order valence-corrected chi connectivity index (χ4v) is 2.72. The van der Waals surface area contributed by atoms with Crippen LogP contribution in [0.4, 0.5) is 5.69 Å². The summed E-state index contributed by atoms with van der Waals surface area (Å²) < 4.78 is 5.32. The highest BCUT2D eigenvalue weighted by Gasteiger charge is 2.11. The SMILES string of the molecule is CCOc1ccc(NC(=O)CCC(=O)NNC(=O)c2cc(Cl)cc(Cl)c2)cc1. The molecule has 7 nitrogen and oxygen atoms in total. The maximum atomic E-state index is 12.0. The van der Waals surface area contributed by atoms with E-state index in [9.17, 15) is 14.4 Å². The summed E-state index contributed by atoms with van der Waals surface area (Å²) in [6.45, 7) is 2.44. The van der Waals surface area contributed by atoms with E-state index in [0.717, 1.165) is 0 Å². The Morgan fingerprint density at radius 2 is 1.50 bits per heavy atom. The van der Waals surface area contributed by atoms with E-state index in [1.54, 1.807) is 24.3 Å². The zero-order valence-corrected chi connectivity index (χ0v) is 16.6. The van der Waals surface area contributed by atoms with Gasteiger partial charge in [-0.3, -0.25) is 25.2 Å². The van der Waals surface area contributed by atoms with Crippen molar-refractivity contribution in [1.29, 1.82) is 0 Å². The van der Waals surface area contributed by atoms with Gasteiger partial charge in [0.15, 0.2) is 0 Å². The lowest BCUT2D eigenvalue weighted by Gasteiger charge is -2.09. The van der Waals surface area contributed by atoms with Crippen LogP contribution in [-0.2, 0) is 9.59 Å². The van der Waals surface area contributed by atoms with Crippen molar-refractivity contribution in [2.45, 2.75) is 19.8 Å². The van der Waals surface area contributed by atoms with Gasteiger partial charge in [0, 0.05) is 34.1 Å². The van der Waals surface area contributed by atoms with E-state index < -0.39 is 11.8 Å². The number of anilines is 1. The van der Waals surface area contributed by atoms with Gasteiger partial charge in [-0.1, -0.05) is 23.2 Å². The second-order valence-electron chi connectivity index (χ2n) is 5.67. The van der Waals surface area contributed by atoms with Crippen LogP contribution in [0.15, 0.2) is 42.5 Å². The zero-order chi connectivity index (χ0) is 20.5. The fourth-order valence-electron chi connectivity index (χ4n) is 2.20. The first-order valence-electron chi connectivity index (χ1n) is 8.45. The monoisotopic (exact) mass is 423 g/mol. The number of rotatable bonds is 7. The van der Waals surface area contributed by atoms with Gasteiger partial charge in [0.25, 0.3) is 5.91 Å². The first kappa shape index (κ1) is 21.5. The maximum absolute atomic E-state index is 12.0. The number of hydrazine groups is 1. The third-order valence-electron chi connectivity index (χ3n) is 3.47. The average Bonchev–Trinajstić information content (AvgIpc) is 2.65. The second kappa shape index (κ2) is 10.5. The number of nitrogens with one attached hydrogen (secondary N) is 3. The quantitative estimate of drug-likeness (QED) is 0.592. The fraction of sp³-hybridized carbons (Fsp3) is 0.211. The molecule has 3 amide bonds. The van der Waals surface area contributed by atoms with Crippen LogP contribution in [0.5, 0.6) is 5.75 Å². The van der Waals surface area contributed by atoms with Crippen molar-refractivity contribution in [3.8, 4) is 5.75 Å². The summed E-state index contributed by atoms with van der Waals surface area (Å²) in [6.07, 6.45) is -0.142. The molecule has 0 aliphatic heterocycles. The van der Waals surface area contributed by atoms with Crippen molar-refractivity contribution in [2.24, 2.45) is 0 Å². The first-order chi connectivity index (χ1) is 13.4. The lowest BCUT2D eigenvalue weighted by Crippen LogP contribution is -2.41. The van der Waals surface area contributed by atoms with Crippen molar-refractivity contribution in [1.82, 2.24) is 10.9 Å². The molecule has 0 aliphatic rings. The molecule has 0 fully saturated rings. The van der Waals surface area contributed by atoms with Crippen molar-refractivity contribution in [3.05, 3.63) is 58.1 Å². The summed E-state index contributed by atoms with van der Waals surface area (Å²) in [5.74, 6) is -0.705. The Morgan fingerprint density at radius 3 is 2.11 bits per heavy atom. The Kier molecular flexibility index (Phi) is 8.10. The van der Waals surface area contributed by atoms with E-state index in [2.05, 4.69) is 16.2 Å². The molecule has 0 heterocycles. The molecule has 9 heteroatoms. The highest BCUT2D eigenvalue weighted by atomic mass is 35.5. The molecule has 0 saturated heterocycles. The van der Waals surface area contributed by atoms with Crippen LogP contribution in [0, 0.1) is 0 Å². The first-order valence-corrected chi connectivity index (χ1v) is 9.21. The number of amides is 3. The molecule has 28 heavy (non-hydrogen) atoms. The van der Waals surface area contributed by atoms with Crippen LogP contribution in [0.25, 0.3) is 0 Å². The minimum Gasteiger partial charge on any atom is -0.494 e. The molecular formula is C19H19Cl2N3O4. The zero-order valence-electron chi connectivity index (χ0n) is 15.1. The predicted octanol–water partition coefficient (Wildman–Crippen LogP) is 3.57. The lowest BCUT2D eigenvalue weighted by atomic mass is 10.2. The minimum absolute atomic E-state index is 0.0437. The number of benzene rings is 2. The Bertz CT molecular complexity index is 837. The summed E-state index contributed by atoms with van der Waals surface area (Å²) in [5.41, 5.74) is 5.28. The van der Waals surface area contributed by atoms with Gasteiger partial charge in [0.2, 0.25) is 11.8 Å². The largest absolute Gasteiger partial charge is 0.494 e. The molecule has 2 rings (SSSR count). The normalized spacial score (nSPS) is 10.1. The summed E-state index contributed by atoms with van der Waals surface area (Å²) in [7, 11) is 0. The Hall–Kier alpha value is -2.77. The molecule has 148 valence electrons. The standard InChI is InChI=1S/C19H19Cl2N3O4/c1-2-28-16-5-3-15(4-6-16)22-17(25)7-8-18(26)23-24-19(27)12-9-13(20)11-14(21)10-12/h3-6,9-11H,2,7-8H2,1H3,(H,22,25)(H,23,26)(H,24,27). The van der Waals surface area contributed by atoms with Crippen LogP contribution in [0.3, 0.4) is 0 Å². The van der Waals surface area contributed by atoms with Crippen molar-refractivity contribution in [3.63, 3.8) is 0 Å². The molecule has 0 atom stereocenters. The van der Waals surface area contributed by atoms with Gasteiger partial charge < -0.3 is 10.1 Å². The molecule has 2 aromatic carbocycles. The molecule has 3 N–H and O–H groups in total. The second-order valence-corrected chi connectivity index (χ2v) is 6.54. The number of carbonyl (C=O) groups excluding carboxylic acids is 3. The third-order valence-corrected chi connectivity index (χ3v) is 3.90. The molecule has 2 aromatic rings. The molecular weight excluding hydrogens is 405 g/mol. The van der Waals surface area contributed by atoms with Gasteiger partial charge in [-0.25, -0.2) is 0 Å². The van der Waals surface area contributed by atoms with E-state index >= 15 is 0 Å². The van der Waals surface area contributed by atoms with Crippen molar-refractivity contribution in [2.75, 3.05) is 11.9 Å². The molecule has 0 spiro atoms. The van der Waals surface area contributed by atoms with E-state index in [4.69, 9.17) is 27.9 Å². The number of hydrogen-bond acceptors (Lipinski definition) is 4. The number of ether oxygens (including phenoxy) is 1. The highest BCUT2D eigenvalue weighted by Crippen LogP contribution is 2.19. The van der Waals surface area contributed by atoms with Gasteiger partial charge in [-0.15, -0.1) is 0 Å². The van der Waals surface area contributed by atoms with Crippen molar-refractivity contribution >= 4 is 46.6 Å². The van der Waals surface area contributed by atoms with E-state index in [1.807, 2.05) is 6.92 Å². The van der Waals surface area contributed by atoms with Crippen LogP contribution >= 0.6 is 23.2 Å². The summed E-state index contributed by atoms with van der Waals surface area (Å²) in [6, 6.07) is 11.2. The van der Waals surface area contributed by atoms with Gasteiger partial charge in [0.1, 0.15) is 5.75 Å². The third kappa shape index (κ3) is 7.09. The predicted molar refractivity (Wildman–Crippen MR) is 108 cm³/mol. The van der Waals surface area contributed by atoms with E-state index in [-0.39, 0.29) is 24.3 Å². The molecule has 0 saturated carbocycles. The number of halogens is 2. The van der Waals surface area contributed by atoms with Gasteiger partial charge in [-0.05, 0) is 49.4 Å². The van der Waals surface area contributed by atoms with Gasteiger partial charge >= 0.3 is 0 Å². The van der Waals surface area contributed by atoms with Gasteiger partial charge in [-0.2, -0.15) is 0 Å². The van der Waals surface area contributed by atoms with Crippen LogP contribution in [-0.4, -0.2) is 24.3 Å². The Balaban J connectivity index is 1.74. The van der Waals surface area contributed by atoms with E-state index in [1.165, 1.54) is 18.2 Å². The summed E-state index contributed by atoms with van der Waals surface area (Å²) in [4.78, 5) is 35.7. The molecule has 0 unspecified atom stereocenters. The number of hydrogen-bond donors (Lipinski definition) is 3. The van der Waals surface area contributed by atoms with Crippen LogP contribution in [0.2, 0.25) is 10.0 Å². The van der Waals surface area contributed by atoms with E-state index in [0.29, 0.717) is 28.1 Å². The molecule has 0 radical (unpaired) electrons. The average molecular weight is 424 g/mol. The Labute approximate surface area is 172 Å². The Morgan fingerprint density at radius 1 is 0.893 bits per heavy atom. The minimum atomic E-state index is -0.573. The molecule has 0 bridgehead atoms. The maximum Gasteiger partial charge on any atom is 0.269 e. The summed E-state index contributed by atoms with van der Waals surface area (Å²) in [5, 5.41) is 3.28. The molecule has 0 aromatic heterocycles. The van der Waals surface area contributed by atoms with Crippen LogP contribution < -0.4 is 20.9 Å². The lowest BCUT2D eigenvalue weighted by molar-refractivity contribution is -0.124.